The first-order valence-electron chi connectivity index (χ1n) is 5.25. The fourth-order valence-electron chi connectivity index (χ4n) is 1.95. The van der Waals surface area contributed by atoms with Crippen molar-refractivity contribution in [3.63, 3.8) is 0 Å². The lowest BCUT2D eigenvalue weighted by Crippen LogP contribution is -2.43. The molecule has 2 nitrogen and oxygen atoms in total. The number of amides is 1. The number of carbonyl (C=O) groups excluding carboxylic acids is 1. The molecule has 1 amide bonds. The molecule has 0 spiro atoms. The predicted molar refractivity (Wildman–Crippen MR) is 74.4 cm³/mol. The Morgan fingerprint density at radius 3 is 2.56 bits per heavy atom. The third kappa shape index (κ3) is 2.81. The van der Waals surface area contributed by atoms with Crippen LogP contribution in [0, 0.1) is 0 Å². The molecule has 1 aromatic rings. The first-order chi connectivity index (χ1) is 7.56. The van der Waals surface area contributed by atoms with Crippen molar-refractivity contribution in [1.82, 2.24) is 4.90 Å². The number of hydrogen-bond acceptors (Lipinski definition) is 3. The van der Waals surface area contributed by atoms with Gasteiger partial charge in [0.25, 0.3) is 5.91 Å². The first-order valence-corrected chi connectivity index (χ1v) is 7.86. The van der Waals surface area contributed by atoms with Crippen LogP contribution in [0.1, 0.15) is 24.2 Å². The highest BCUT2D eigenvalue weighted by atomic mass is 79.9. The van der Waals surface area contributed by atoms with Gasteiger partial charge in [0.1, 0.15) is 0 Å². The molecule has 0 N–H and O–H groups in total. The van der Waals surface area contributed by atoms with Crippen LogP contribution in [0.4, 0.5) is 0 Å². The molecule has 88 valence electrons. The van der Waals surface area contributed by atoms with Crippen LogP contribution in [0.3, 0.4) is 0 Å². The lowest BCUT2D eigenvalue weighted by Gasteiger charge is -2.34. The lowest BCUT2D eigenvalue weighted by molar-refractivity contribution is 0.0754. The third-order valence-corrected chi connectivity index (χ3v) is 5.25. The molecule has 1 aromatic heterocycles. The zero-order chi connectivity index (χ0) is 11.7. The van der Waals surface area contributed by atoms with E-state index in [1.54, 1.807) is 11.3 Å². The van der Waals surface area contributed by atoms with E-state index >= 15 is 0 Å². The van der Waals surface area contributed by atoms with Gasteiger partial charge in [0.15, 0.2) is 0 Å². The van der Waals surface area contributed by atoms with Gasteiger partial charge in [0, 0.05) is 29.0 Å². The Morgan fingerprint density at radius 1 is 1.44 bits per heavy atom. The highest BCUT2D eigenvalue weighted by Crippen LogP contribution is 2.27. The maximum atomic E-state index is 12.2. The largest absolute Gasteiger partial charge is 0.336 e. The van der Waals surface area contributed by atoms with E-state index in [1.807, 2.05) is 28.1 Å². The minimum Gasteiger partial charge on any atom is -0.336 e. The van der Waals surface area contributed by atoms with Gasteiger partial charge in [-0.3, -0.25) is 4.79 Å². The van der Waals surface area contributed by atoms with Gasteiger partial charge in [0.2, 0.25) is 0 Å². The van der Waals surface area contributed by atoms with E-state index in [-0.39, 0.29) is 5.91 Å². The predicted octanol–water partition coefficient (Wildman–Crippen LogP) is 3.48. The molecule has 1 aliphatic rings. The van der Waals surface area contributed by atoms with Crippen molar-refractivity contribution in [2.24, 2.45) is 0 Å². The SMILES string of the molecule is CC1CN(C(=O)c2csc(Br)c2)CC(C)S1. The van der Waals surface area contributed by atoms with Gasteiger partial charge in [-0.1, -0.05) is 13.8 Å². The van der Waals surface area contributed by atoms with Crippen LogP contribution in [-0.2, 0) is 0 Å². The number of thioether (sulfide) groups is 1. The monoisotopic (exact) mass is 319 g/mol. The number of halogens is 1. The molecule has 0 saturated carbocycles. The normalized spacial score (nSPS) is 25.8. The summed E-state index contributed by atoms with van der Waals surface area (Å²) in [6.45, 7) is 6.09. The van der Waals surface area contributed by atoms with Crippen LogP contribution in [0.25, 0.3) is 0 Å². The smallest absolute Gasteiger partial charge is 0.254 e. The van der Waals surface area contributed by atoms with Gasteiger partial charge in [-0.05, 0) is 22.0 Å². The molecular weight excluding hydrogens is 306 g/mol. The summed E-state index contributed by atoms with van der Waals surface area (Å²) in [6, 6.07) is 1.91. The fraction of sp³-hybridized carbons (Fsp3) is 0.545. The molecule has 0 bridgehead atoms. The van der Waals surface area contributed by atoms with Gasteiger partial charge in [0.05, 0.1) is 9.35 Å². The van der Waals surface area contributed by atoms with Gasteiger partial charge < -0.3 is 4.90 Å². The molecule has 2 atom stereocenters. The topological polar surface area (TPSA) is 20.3 Å². The molecule has 0 aliphatic carbocycles. The number of hydrogen-bond donors (Lipinski definition) is 0. The number of rotatable bonds is 1. The van der Waals surface area contributed by atoms with Crippen molar-refractivity contribution in [2.45, 2.75) is 24.3 Å². The van der Waals surface area contributed by atoms with Crippen LogP contribution in [0.15, 0.2) is 15.2 Å². The second kappa shape index (κ2) is 5.10. The van der Waals surface area contributed by atoms with Crippen molar-refractivity contribution in [3.8, 4) is 0 Å². The Balaban J connectivity index is 2.09. The quantitative estimate of drug-likeness (QED) is 0.790. The standard InChI is InChI=1S/C11H14BrNOS2/c1-7-4-13(5-8(2)16-7)11(14)9-3-10(12)15-6-9/h3,6-8H,4-5H2,1-2H3. The van der Waals surface area contributed by atoms with E-state index in [1.165, 1.54) is 0 Å². The first kappa shape index (κ1) is 12.5. The van der Waals surface area contributed by atoms with E-state index in [9.17, 15) is 4.79 Å². The molecule has 5 heteroatoms. The summed E-state index contributed by atoms with van der Waals surface area (Å²) < 4.78 is 1.02. The Morgan fingerprint density at radius 2 is 2.06 bits per heavy atom. The second-order valence-corrected chi connectivity index (χ2v) is 8.28. The Hall–Kier alpha value is -0.000000000000000111. The van der Waals surface area contributed by atoms with Gasteiger partial charge >= 0.3 is 0 Å². The molecule has 1 saturated heterocycles. The van der Waals surface area contributed by atoms with Crippen molar-refractivity contribution >= 4 is 44.9 Å². The summed E-state index contributed by atoms with van der Waals surface area (Å²) in [6.07, 6.45) is 0. The maximum absolute atomic E-state index is 12.2. The van der Waals surface area contributed by atoms with Crippen molar-refractivity contribution in [1.29, 1.82) is 0 Å². The van der Waals surface area contributed by atoms with Crippen LogP contribution >= 0.6 is 39.0 Å². The van der Waals surface area contributed by atoms with Crippen LogP contribution in [0.5, 0.6) is 0 Å². The van der Waals surface area contributed by atoms with E-state index in [0.717, 1.165) is 22.4 Å². The molecule has 2 rings (SSSR count). The summed E-state index contributed by atoms with van der Waals surface area (Å²) >= 11 is 6.92. The molecular formula is C11H14BrNOS2. The number of carbonyl (C=O) groups is 1. The second-order valence-electron chi connectivity index (χ2n) is 4.11. The molecule has 2 heterocycles. The van der Waals surface area contributed by atoms with Gasteiger partial charge in [-0.25, -0.2) is 0 Å². The maximum Gasteiger partial charge on any atom is 0.254 e. The third-order valence-electron chi connectivity index (χ3n) is 2.52. The molecule has 0 aromatic carbocycles. The summed E-state index contributed by atoms with van der Waals surface area (Å²) in [5.41, 5.74) is 0.808. The van der Waals surface area contributed by atoms with E-state index < -0.39 is 0 Å². The molecule has 1 aliphatic heterocycles. The average molecular weight is 320 g/mol. The summed E-state index contributed by atoms with van der Waals surface area (Å²) in [7, 11) is 0. The summed E-state index contributed by atoms with van der Waals surface area (Å²) in [5.74, 6) is 0.168. The lowest BCUT2D eigenvalue weighted by atomic mass is 10.2. The van der Waals surface area contributed by atoms with E-state index in [2.05, 4.69) is 29.8 Å². The van der Waals surface area contributed by atoms with E-state index in [4.69, 9.17) is 0 Å². The van der Waals surface area contributed by atoms with Gasteiger partial charge in [-0.15, -0.1) is 11.3 Å². The average Bonchev–Trinajstić information content (AvgIpc) is 2.62. The zero-order valence-electron chi connectivity index (χ0n) is 9.27. The van der Waals surface area contributed by atoms with Crippen molar-refractivity contribution < 1.29 is 4.79 Å². The highest BCUT2D eigenvalue weighted by Gasteiger charge is 2.26. The Kier molecular flexibility index (Phi) is 3.97. The summed E-state index contributed by atoms with van der Waals surface area (Å²) in [4.78, 5) is 14.2. The number of thiophene rings is 1. The molecule has 16 heavy (non-hydrogen) atoms. The van der Waals surface area contributed by atoms with Crippen molar-refractivity contribution in [2.75, 3.05) is 13.1 Å². The minimum absolute atomic E-state index is 0.168. The van der Waals surface area contributed by atoms with Crippen LogP contribution < -0.4 is 0 Å². The highest BCUT2D eigenvalue weighted by molar-refractivity contribution is 9.11. The molecule has 1 fully saturated rings. The zero-order valence-corrected chi connectivity index (χ0v) is 12.5. The molecule has 2 unspecified atom stereocenters. The van der Waals surface area contributed by atoms with Crippen LogP contribution in [-0.4, -0.2) is 34.4 Å². The molecule has 0 radical (unpaired) electrons. The Bertz CT molecular complexity index is 383. The van der Waals surface area contributed by atoms with Crippen molar-refractivity contribution in [3.05, 3.63) is 20.8 Å². The Labute approximate surface area is 113 Å². The van der Waals surface area contributed by atoms with E-state index in [0.29, 0.717) is 10.5 Å². The summed E-state index contributed by atoms with van der Waals surface area (Å²) in [5, 5.41) is 2.99. The number of nitrogens with zero attached hydrogens (tertiary/aromatic N) is 1. The minimum atomic E-state index is 0.168. The fourth-order valence-corrected chi connectivity index (χ4v) is 4.40. The van der Waals surface area contributed by atoms with Crippen LogP contribution in [0.2, 0.25) is 0 Å². The van der Waals surface area contributed by atoms with Gasteiger partial charge in [-0.2, -0.15) is 11.8 Å².